The summed E-state index contributed by atoms with van der Waals surface area (Å²) in [6.07, 6.45) is 0. The molecule has 41 heavy (non-hydrogen) atoms. The molecule has 1 aliphatic rings. The zero-order valence-corrected chi connectivity index (χ0v) is 23.4. The van der Waals surface area contributed by atoms with Crippen molar-refractivity contribution in [2.45, 2.75) is 19.3 Å². The molecule has 0 atom stereocenters. The first kappa shape index (κ1) is 24.9. The van der Waals surface area contributed by atoms with E-state index in [-0.39, 0.29) is 5.41 Å². The summed E-state index contributed by atoms with van der Waals surface area (Å²) in [4.78, 5) is 0. The van der Waals surface area contributed by atoms with Crippen LogP contribution in [0.5, 0.6) is 0 Å². The van der Waals surface area contributed by atoms with Crippen LogP contribution in [0.15, 0.2) is 146 Å². The lowest BCUT2D eigenvalue weighted by molar-refractivity contribution is 0.660. The molecule has 198 valence electrons. The standard InChI is InChI=1S/C39H32N2/c1-39(2)36-14-8-6-13-34(36)35-25-24-32(26-37(35)39)40-30-20-16-27(17-21-30)28-18-22-31(23-19-28)41-38-15-9-7-12-33(38)29-10-4-3-5-11-29/h3-26,40-41H,1-2H3. The fourth-order valence-corrected chi connectivity index (χ4v) is 6.06. The molecular weight excluding hydrogens is 496 g/mol. The van der Waals surface area contributed by atoms with Gasteiger partial charge in [-0.2, -0.15) is 0 Å². The van der Waals surface area contributed by atoms with E-state index in [9.17, 15) is 0 Å². The van der Waals surface area contributed by atoms with Gasteiger partial charge < -0.3 is 10.6 Å². The van der Waals surface area contributed by atoms with Crippen molar-refractivity contribution >= 4 is 22.7 Å². The van der Waals surface area contributed by atoms with Gasteiger partial charge in [-0.1, -0.05) is 117 Å². The monoisotopic (exact) mass is 528 g/mol. The van der Waals surface area contributed by atoms with Gasteiger partial charge in [-0.05, 0) is 81.4 Å². The minimum Gasteiger partial charge on any atom is -0.356 e. The smallest absolute Gasteiger partial charge is 0.0463 e. The van der Waals surface area contributed by atoms with Crippen LogP contribution in [0, 0.1) is 0 Å². The maximum atomic E-state index is 3.62. The molecule has 7 rings (SSSR count). The van der Waals surface area contributed by atoms with Gasteiger partial charge in [-0.25, -0.2) is 0 Å². The second kappa shape index (κ2) is 10.1. The van der Waals surface area contributed by atoms with Crippen molar-refractivity contribution in [1.29, 1.82) is 0 Å². The Morgan fingerprint density at radius 3 is 1.63 bits per heavy atom. The van der Waals surface area contributed by atoms with E-state index >= 15 is 0 Å². The van der Waals surface area contributed by atoms with Crippen LogP contribution < -0.4 is 10.6 Å². The quantitative estimate of drug-likeness (QED) is 0.225. The first-order valence-electron chi connectivity index (χ1n) is 14.2. The molecular formula is C39H32N2. The molecule has 0 fully saturated rings. The van der Waals surface area contributed by atoms with Crippen molar-refractivity contribution in [1.82, 2.24) is 0 Å². The third-order valence-corrected chi connectivity index (χ3v) is 8.27. The van der Waals surface area contributed by atoms with Crippen molar-refractivity contribution in [3.05, 3.63) is 157 Å². The van der Waals surface area contributed by atoms with Crippen molar-refractivity contribution in [3.8, 4) is 33.4 Å². The predicted molar refractivity (Wildman–Crippen MR) is 174 cm³/mol. The summed E-state index contributed by atoms with van der Waals surface area (Å²) in [5.74, 6) is 0. The van der Waals surface area contributed by atoms with Gasteiger partial charge in [0.15, 0.2) is 0 Å². The van der Waals surface area contributed by atoms with Gasteiger partial charge >= 0.3 is 0 Å². The highest BCUT2D eigenvalue weighted by Crippen LogP contribution is 2.49. The van der Waals surface area contributed by atoms with E-state index in [1.807, 2.05) is 6.07 Å². The van der Waals surface area contributed by atoms with Crippen LogP contribution in [0.25, 0.3) is 33.4 Å². The zero-order valence-electron chi connectivity index (χ0n) is 23.4. The summed E-state index contributed by atoms with van der Waals surface area (Å²) in [7, 11) is 0. The molecule has 0 saturated heterocycles. The molecule has 2 N–H and O–H groups in total. The molecule has 0 bridgehead atoms. The van der Waals surface area contributed by atoms with Gasteiger partial charge in [-0.3, -0.25) is 0 Å². The minimum atomic E-state index is -0.00187. The molecule has 6 aromatic carbocycles. The zero-order chi connectivity index (χ0) is 27.8. The fourth-order valence-electron chi connectivity index (χ4n) is 6.06. The summed E-state index contributed by atoms with van der Waals surface area (Å²) in [5.41, 5.74) is 14.6. The normalized spacial score (nSPS) is 12.8. The Balaban J connectivity index is 1.06. The molecule has 2 heteroatoms. The summed E-state index contributed by atoms with van der Waals surface area (Å²) >= 11 is 0. The molecule has 6 aromatic rings. The van der Waals surface area contributed by atoms with Gasteiger partial charge in [0, 0.05) is 33.7 Å². The van der Waals surface area contributed by atoms with E-state index in [0.717, 1.165) is 22.7 Å². The molecule has 0 saturated carbocycles. The number of fused-ring (bicyclic) bond motifs is 3. The Bertz CT molecular complexity index is 1830. The van der Waals surface area contributed by atoms with Crippen molar-refractivity contribution in [3.63, 3.8) is 0 Å². The number of para-hydroxylation sites is 1. The van der Waals surface area contributed by atoms with E-state index in [1.165, 1.54) is 44.5 Å². The molecule has 0 aliphatic heterocycles. The summed E-state index contributed by atoms with van der Waals surface area (Å²) < 4.78 is 0. The lowest BCUT2D eigenvalue weighted by Gasteiger charge is -2.22. The molecule has 0 unspecified atom stereocenters. The Morgan fingerprint density at radius 2 is 0.927 bits per heavy atom. The van der Waals surface area contributed by atoms with Crippen LogP contribution in [0.1, 0.15) is 25.0 Å². The maximum Gasteiger partial charge on any atom is 0.0463 e. The summed E-state index contributed by atoms with van der Waals surface area (Å²) in [6, 6.07) is 51.8. The Morgan fingerprint density at radius 1 is 0.390 bits per heavy atom. The van der Waals surface area contributed by atoms with Gasteiger partial charge in [0.1, 0.15) is 0 Å². The van der Waals surface area contributed by atoms with Crippen LogP contribution in [0.2, 0.25) is 0 Å². The van der Waals surface area contributed by atoms with Crippen LogP contribution in [0.4, 0.5) is 22.7 Å². The van der Waals surface area contributed by atoms with E-state index in [1.54, 1.807) is 0 Å². The second-order valence-corrected chi connectivity index (χ2v) is 11.2. The summed E-state index contributed by atoms with van der Waals surface area (Å²) in [5, 5.41) is 7.23. The number of anilines is 4. The Hall–Kier alpha value is -5.08. The first-order chi connectivity index (χ1) is 20.1. The lowest BCUT2D eigenvalue weighted by atomic mass is 9.82. The van der Waals surface area contributed by atoms with Crippen molar-refractivity contribution in [2.24, 2.45) is 0 Å². The van der Waals surface area contributed by atoms with Crippen LogP contribution in [-0.2, 0) is 5.41 Å². The molecule has 1 aliphatic carbocycles. The average Bonchev–Trinajstić information content (AvgIpc) is 3.25. The topological polar surface area (TPSA) is 24.1 Å². The largest absolute Gasteiger partial charge is 0.356 e. The molecule has 0 amide bonds. The number of hydrogen-bond donors (Lipinski definition) is 2. The highest BCUT2D eigenvalue weighted by atomic mass is 14.9. The second-order valence-electron chi connectivity index (χ2n) is 11.2. The van der Waals surface area contributed by atoms with Crippen LogP contribution in [-0.4, -0.2) is 0 Å². The van der Waals surface area contributed by atoms with E-state index in [4.69, 9.17) is 0 Å². The Kier molecular flexibility index (Phi) is 6.17. The van der Waals surface area contributed by atoms with E-state index in [0.29, 0.717) is 0 Å². The number of hydrogen-bond acceptors (Lipinski definition) is 2. The summed E-state index contributed by atoms with van der Waals surface area (Å²) in [6.45, 7) is 4.64. The molecule has 2 nitrogen and oxygen atoms in total. The number of nitrogens with one attached hydrogen (secondary N) is 2. The highest BCUT2D eigenvalue weighted by Gasteiger charge is 2.35. The predicted octanol–water partition coefficient (Wildman–Crippen LogP) is 10.8. The first-order valence-corrected chi connectivity index (χ1v) is 14.2. The van der Waals surface area contributed by atoms with Crippen molar-refractivity contribution < 1.29 is 0 Å². The highest BCUT2D eigenvalue weighted by molar-refractivity contribution is 5.84. The average molecular weight is 529 g/mol. The van der Waals surface area contributed by atoms with Gasteiger partial charge in [-0.15, -0.1) is 0 Å². The molecule has 0 spiro atoms. The van der Waals surface area contributed by atoms with E-state index < -0.39 is 0 Å². The third-order valence-electron chi connectivity index (χ3n) is 8.27. The molecule has 0 heterocycles. The minimum absolute atomic E-state index is 0.00187. The molecule has 0 aromatic heterocycles. The van der Waals surface area contributed by atoms with Gasteiger partial charge in [0.2, 0.25) is 0 Å². The number of rotatable bonds is 6. The lowest BCUT2D eigenvalue weighted by Crippen LogP contribution is -2.15. The van der Waals surface area contributed by atoms with Crippen molar-refractivity contribution in [2.75, 3.05) is 10.6 Å². The number of benzene rings is 6. The van der Waals surface area contributed by atoms with Crippen LogP contribution >= 0.6 is 0 Å². The van der Waals surface area contributed by atoms with Gasteiger partial charge in [0.25, 0.3) is 0 Å². The van der Waals surface area contributed by atoms with Crippen LogP contribution in [0.3, 0.4) is 0 Å². The fraction of sp³-hybridized carbons (Fsp3) is 0.0769. The maximum absolute atomic E-state index is 3.62. The third kappa shape index (κ3) is 4.68. The van der Waals surface area contributed by atoms with E-state index in [2.05, 4.69) is 164 Å². The Labute approximate surface area is 242 Å². The SMILES string of the molecule is CC1(C)c2ccccc2-c2ccc(Nc3ccc(-c4ccc(Nc5ccccc5-c5ccccc5)cc4)cc3)cc21. The molecule has 0 radical (unpaired) electrons. The van der Waals surface area contributed by atoms with Gasteiger partial charge in [0.05, 0.1) is 0 Å².